The molecule has 0 aromatic heterocycles. The van der Waals surface area contributed by atoms with Gasteiger partial charge in [-0.2, -0.15) is 5.26 Å². The van der Waals surface area contributed by atoms with E-state index in [1.54, 1.807) is 12.1 Å². The third kappa shape index (κ3) is 4.93. The number of nitriles is 1. The zero-order valence-corrected chi connectivity index (χ0v) is 16.1. The van der Waals surface area contributed by atoms with Gasteiger partial charge < -0.3 is 4.90 Å². The molecule has 2 rings (SSSR count). The molecule has 1 atom stereocenters. The lowest BCUT2D eigenvalue weighted by molar-refractivity contribution is 0.290. The van der Waals surface area contributed by atoms with Crippen LogP contribution >= 0.6 is 0 Å². The van der Waals surface area contributed by atoms with Crippen LogP contribution in [0.15, 0.2) is 54.6 Å². The van der Waals surface area contributed by atoms with E-state index in [2.05, 4.69) is 42.3 Å². The summed E-state index contributed by atoms with van der Waals surface area (Å²) in [5.74, 6) is -0.223. The largest absolute Gasteiger partial charge is 0.306 e. The quantitative estimate of drug-likeness (QED) is 0.620. The maximum Gasteiger partial charge on any atom is 0.128 e. The summed E-state index contributed by atoms with van der Waals surface area (Å²) in [6.45, 7) is 5.89. The van der Waals surface area contributed by atoms with Gasteiger partial charge in [-0.3, -0.25) is 0 Å². The van der Waals surface area contributed by atoms with Crippen molar-refractivity contribution in [3.63, 3.8) is 0 Å². The lowest BCUT2D eigenvalue weighted by Gasteiger charge is -2.32. The molecule has 2 aromatic rings. The van der Waals surface area contributed by atoms with Gasteiger partial charge in [0.25, 0.3) is 0 Å². The summed E-state index contributed by atoms with van der Waals surface area (Å²) in [5, 5.41) is 9.91. The molecule has 0 heterocycles. The van der Waals surface area contributed by atoms with Crippen LogP contribution in [0, 0.1) is 23.1 Å². The Bertz CT molecular complexity index is 720. The van der Waals surface area contributed by atoms with Crippen molar-refractivity contribution in [1.82, 2.24) is 4.90 Å². The minimum Gasteiger partial charge on any atom is -0.306 e. The second kappa shape index (κ2) is 9.50. The maximum absolute atomic E-state index is 14.4. The SMILES string of the molecule is CC(C)C(C#N)(CCCN(C)CCc1ccccc1)c1ccccc1F. The molecule has 0 N–H and O–H groups in total. The van der Waals surface area contributed by atoms with Crippen LogP contribution in [0.1, 0.15) is 37.8 Å². The van der Waals surface area contributed by atoms with Crippen molar-refractivity contribution >= 4 is 0 Å². The fourth-order valence-electron chi connectivity index (χ4n) is 3.51. The number of likely N-dealkylation sites (N-methyl/N-ethyl adjacent to an activating group) is 1. The van der Waals surface area contributed by atoms with Crippen molar-refractivity contribution in [2.24, 2.45) is 5.92 Å². The Kier molecular flexibility index (Phi) is 7.36. The highest BCUT2D eigenvalue weighted by Gasteiger charge is 2.37. The summed E-state index contributed by atoms with van der Waals surface area (Å²) in [6, 6.07) is 19.6. The second-order valence-corrected chi connectivity index (χ2v) is 7.36. The zero-order valence-electron chi connectivity index (χ0n) is 16.1. The predicted octanol–water partition coefficient (Wildman–Crippen LogP) is 5.20. The van der Waals surface area contributed by atoms with E-state index < -0.39 is 5.41 Å². The molecule has 2 nitrogen and oxygen atoms in total. The third-order valence-corrected chi connectivity index (χ3v) is 5.28. The van der Waals surface area contributed by atoms with Crippen molar-refractivity contribution in [2.45, 2.75) is 38.5 Å². The van der Waals surface area contributed by atoms with Crippen LogP contribution in [0.4, 0.5) is 4.39 Å². The van der Waals surface area contributed by atoms with Gasteiger partial charge >= 0.3 is 0 Å². The molecule has 0 fully saturated rings. The Morgan fingerprint density at radius 3 is 2.31 bits per heavy atom. The molecule has 1 unspecified atom stereocenters. The molecule has 0 saturated heterocycles. The lowest BCUT2D eigenvalue weighted by atomic mass is 9.69. The molecule has 0 bridgehead atoms. The van der Waals surface area contributed by atoms with Gasteiger partial charge in [-0.05, 0) is 50.4 Å². The first-order valence-electron chi connectivity index (χ1n) is 9.38. The molecular weight excluding hydrogens is 323 g/mol. The second-order valence-electron chi connectivity index (χ2n) is 7.36. The number of halogens is 1. The third-order valence-electron chi connectivity index (χ3n) is 5.28. The average molecular weight is 352 g/mol. The van der Waals surface area contributed by atoms with E-state index in [0.717, 1.165) is 25.9 Å². The minimum absolute atomic E-state index is 0.0547. The standard InChI is InChI=1S/C23H29FN2/c1-19(2)23(18-25,21-12-7-8-13-22(21)24)15-9-16-26(3)17-14-20-10-5-4-6-11-20/h4-8,10-13,19H,9,14-17H2,1-3H3. The average Bonchev–Trinajstić information content (AvgIpc) is 2.65. The summed E-state index contributed by atoms with van der Waals surface area (Å²) in [4.78, 5) is 2.29. The van der Waals surface area contributed by atoms with E-state index in [-0.39, 0.29) is 11.7 Å². The van der Waals surface area contributed by atoms with Crippen LogP contribution in [-0.4, -0.2) is 25.0 Å². The molecule has 26 heavy (non-hydrogen) atoms. The molecule has 3 heteroatoms. The van der Waals surface area contributed by atoms with Gasteiger partial charge in [-0.25, -0.2) is 4.39 Å². The van der Waals surface area contributed by atoms with Gasteiger partial charge in [-0.1, -0.05) is 62.4 Å². The first-order valence-corrected chi connectivity index (χ1v) is 9.38. The van der Waals surface area contributed by atoms with E-state index >= 15 is 0 Å². The normalized spacial score (nSPS) is 13.6. The van der Waals surface area contributed by atoms with Crippen molar-refractivity contribution < 1.29 is 4.39 Å². The van der Waals surface area contributed by atoms with Crippen molar-refractivity contribution in [1.29, 1.82) is 5.26 Å². The highest BCUT2D eigenvalue weighted by molar-refractivity contribution is 5.34. The van der Waals surface area contributed by atoms with Crippen LogP contribution in [0.5, 0.6) is 0 Å². The van der Waals surface area contributed by atoms with Crippen LogP contribution < -0.4 is 0 Å². The summed E-state index contributed by atoms with van der Waals surface area (Å²) < 4.78 is 14.4. The number of nitrogens with zero attached hydrogens (tertiary/aromatic N) is 2. The monoisotopic (exact) mass is 352 g/mol. The fraction of sp³-hybridized carbons (Fsp3) is 0.435. The van der Waals surface area contributed by atoms with Gasteiger partial charge in [-0.15, -0.1) is 0 Å². The Morgan fingerprint density at radius 2 is 1.69 bits per heavy atom. The molecule has 0 amide bonds. The molecule has 2 aromatic carbocycles. The maximum atomic E-state index is 14.4. The van der Waals surface area contributed by atoms with Crippen LogP contribution in [0.2, 0.25) is 0 Å². The first-order chi connectivity index (χ1) is 12.5. The number of rotatable bonds is 9. The topological polar surface area (TPSA) is 27.0 Å². The molecule has 0 aliphatic rings. The van der Waals surface area contributed by atoms with Gasteiger partial charge in [0.1, 0.15) is 5.82 Å². The molecule has 0 radical (unpaired) electrons. The predicted molar refractivity (Wildman–Crippen MR) is 105 cm³/mol. The van der Waals surface area contributed by atoms with Crippen molar-refractivity contribution in [2.75, 3.05) is 20.1 Å². The summed E-state index contributed by atoms with van der Waals surface area (Å²) in [6.07, 6.45) is 2.54. The Morgan fingerprint density at radius 1 is 1.04 bits per heavy atom. The summed E-state index contributed by atoms with van der Waals surface area (Å²) >= 11 is 0. The van der Waals surface area contributed by atoms with Gasteiger partial charge in [0.05, 0.1) is 11.5 Å². The fourth-order valence-corrected chi connectivity index (χ4v) is 3.51. The Balaban J connectivity index is 1.96. The van der Waals surface area contributed by atoms with E-state index in [1.807, 2.05) is 26.0 Å². The summed E-state index contributed by atoms with van der Waals surface area (Å²) in [7, 11) is 2.11. The lowest BCUT2D eigenvalue weighted by Crippen LogP contribution is -2.33. The van der Waals surface area contributed by atoms with Gasteiger partial charge in [0, 0.05) is 12.1 Å². The molecule has 0 saturated carbocycles. The number of hydrogen-bond donors (Lipinski definition) is 0. The molecule has 138 valence electrons. The van der Waals surface area contributed by atoms with E-state index in [4.69, 9.17) is 0 Å². The van der Waals surface area contributed by atoms with Gasteiger partial charge in [0.2, 0.25) is 0 Å². The number of benzene rings is 2. The zero-order chi connectivity index (χ0) is 19.0. The smallest absolute Gasteiger partial charge is 0.128 e. The van der Waals surface area contributed by atoms with Crippen LogP contribution in [0.3, 0.4) is 0 Å². The molecule has 0 aliphatic heterocycles. The number of hydrogen-bond acceptors (Lipinski definition) is 2. The van der Waals surface area contributed by atoms with Gasteiger partial charge in [0.15, 0.2) is 0 Å². The highest BCUT2D eigenvalue weighted by atomic mass is 19.1. The van der Waals surface area contributed by atoms with E-state index in [0.29, 0.717) is 12.0 Å². The van der Waals surface area contributed by atoms with Crippen molar-refractivity contribution in [3.8, 4) is 6.07 Å². The Labute approximate surface area is 157 Å². The first kappa shape index (κ1) is 20.1. The van der Waals surface area contributed by atoms with Crippen molar-refractivity contribution in [3.05, 3.63) is 71.5 Å². The highest BCUT2D eigenvalue weighted by Crippen LogP contribution is 2.37. The van der Waals surface area contributed by atoms with Crippen LogP contribution in [-0.2, 0) is 11.8 Å². The molecular formula is C23H29FN2. The van der Waals surface area contributed by atoms with E-state index in [1.165, 1.54) is 11.6 Å². The minimum atomic E-state index is -0.772. The van der Waals surface area contributed by atoms with E-state index in [9.17, 15) is 9.65 Å². The molecule has 0 aliphatic carbocycles. The Hall–Kier alpha value is -2.18. The summed E-state index contributed by atoms with van der Waals surface area (Å²) in [5.41, 5.74) is 1.09. The molecule has 0 spiro atoms. The van der Waals surface area contributed by atoms with Crippen LogP contribution in [0.25, 0.3) is 0 Å².